The van der Waals surface area contributed by atoms with E-state index in [9.17, 15) is 4.39 Å². The maximum atomic E-state index is 13.1. The molecule has 0 spiro atoms. The molecule has 1 nitrogen and oxygen atoms in total. The number of thiophene rings is 1. The van der Waals surface area contributed by atoms with Crippen LogP contribution in [0.2, 0.25) is 4.34 Å². The summed E-state index contributed by atoms with van der Waals surface area (Å²) in [4.78, 5) is 1.15. The lowest BCUT2D eigenvalue weighted by atomic mass is 10.00. The first-order valence-corrected chi connectivity index (χ1v) is 6.91. The van der Waals surface area contributed by atoms with Gasteiger partial charge in [-0.25, -0.2) is 4.39 Å². The molecule has 96 valence electrons. The van der Waals surface area contributed by atoms with Gasteiger partial charge in [-0.1, -0.05) is 17.7 Å². The van der Waals surface area contributed by atoms with E-state index in [1.165, 1.54) is 6.07 Å². The van der Waals surface area contributed by atoms with E-state index in [4.69, 9.17) is 11.6 Å². The molecule has 0 fully saturated rings. The van der Waals surface area contributed by atoms with Crippen molar-refractivity contribution in [3.8, 4) is 0 Å². The highest BCUT2D eigenvalue weighted by molar-refractivity contribution is 7.16. The van der Waals surface area contributed by atoms with Gasteiger partial charge in [-0.3, -0.25) is 0 Å². The molecule has 0 amide bonds. The number of benzene rings is 1. The molecule has 1 aromatic heterocycles. The third-order valence-electron chi connectivity index (χ3n) is 2.99. The fraction of sp³-hybridized carbons (Fsp3) is 0.286. The quantitative estimate of drug-likeness (QED) is 0.876. The molecule has 1 unspecified atom stereocenters. The van der Waals surface area contributed by atoms with E-state index in [2.05, 4.69) is 11.4 Å². The van der Waals surface area contributed by atoms with Gasteiger partial charge in [0.25, 0.3) is 0 Å². The number of hydrogen-bond acceptors (Lipinski definition) is 2. The Morgan fingerprint density at radius 2 is 1.94 bits per heavy atom. The Morgan fingerprint density at radius 1 is 1.22 bits per heavy atom. The molecule has 0 bridgehead atoms. The Balaban J connectivity index is 2.45. The molecular weight excluding hydrogens is 269 g/mol. The van der Waals surface area contributed by atoms with Gasteiger partial charge in [-0.2, -0.15) is 0 Å². The first kappa shape index (κ1) is 13.5. The largest absolute Gasteiger partial charge is 0.309 e. The number of nitrogens with one attached hydrogen (secondary N) is 1. The van der Waals surface area contributed by atoms with Crippen LogP contribution >= 0.6 is 22.9 Å². The highest BCUT2D eigenvalue weighted by atomic mass is 35.5. The highest BCUT2D eigenvalue weighted by Crippen LogP contribution is 2.34. The molecule has 1 aromatic carbocycles. The minimum atomic E-state index is -0.202. The normalized spacial score (nSPS) is 12.7. The molecule has 1 heterocycles. The molecule has 2 rings (SSSR count). The summed E-state index contributed by atoms with van der Waals surface area (Å²) < 4.78 is 14.0. The second-order valence-corrected chi connectivity index (χ2v) is 6.01. The van der Waals surface area contributed by atoms with E-state index >= 15 is 0 Å². The van der Waals surface area contributed by atoms with Gasteiger partial charge in [0.05, 0.1) is 10.4 Å². The van der Waals surface area contributed by atoms with Gasteiger partial charge >= 0.3 is 0 Å². The van der Waals surface area contributed by atoms with Gasteiger partial charge in [0.2, 0.25) is 0 Å². The topological polar surface area (TPSA) is 12.0 Å². The molecule has 4 heteroatoms. The summed E-state index contributed by atoms with van der Waals surface area (Å²) in [5.41, 5.74) is 3.10. The first-order valence-electron chi connectivity index (χ1n) is 5.72. The van der Waals surface area contributed by atoms with E-state index < -0.39 is 0 Å². The maximum Gasteiger partial charge on any atom is 0.123 e. The third kappa shape index (κ3) is 2.58. The monoisotopic (exact) mass is 283 g/mol. The van der Waals surface area contributed by atoms with E-state index in [-0.39, 0.29) is 11.9 Å². The zero-order valence-corrected chi connectivity index (χ0v) is 12.1. The summed E-state index contributed by atoms with van der Waals surface area (Å²) in [6.45, 7) is 3.91. The number of aryl methyl sites for hydroxylation is 2. The fourth-order valence-corrected chi connectivity index (χ4v) is 3.39. The van der Waals surface area contributed by atoms with E-state index in [0.717, 1.165) is 25.9 Å². The predicted octanol–water partition coefficient (Wildman–Crippen LogP) is 4.47. The average Bonchev–Trinajstić information content (AvgIpc) is 2.63. The van der Waals surface area contributed by atoms with Gasteiger partial charge in [0.1, 0.15) is 5.82 Å². The Morgan fingerprint density at radius 3 is 2.44 bits per heavy atom. The van der Waals surface area contributed by atoms with Crippen molar-refractivity contribution in [2.75, 3.05) is 7.05 Å². The van der Waals surface area contributed by atoms with Crippen LogP contribution in [0.3, 0.4) is 0 Å². The molecular formula is C14H15ClFNS. The SMILES string of the molecule is CNC(c1cc(C)c(Cl)s1)c1ccc(F)cc1C. The van der Waals surface area contributed by atoms with Crippen LogP contribution in [-0.4, -0.2) is 7.05 Å². The number of rotatable bonds is 3. The molecule has 0 saturated carbocycles. The van der Waals surface area contributed by atoms with Crippen LogP contribution in [0.15, 0.2) is 24.3 Å². The van der Waals surface area contributed by atoms with Crippen LogP contribution in [0.5, 0.6) is 0 Å². The van der Waals surface area contributed by atoms with Crippen molar-refractivity contribution < 1.29 is 4.39 Å². The van der Waals surface area contributed by atoms with Crippen molar-refractivity contribution in [1.29, 1.82) is 0 Å². The predicted molar refractivity (Wildman–Crippen MR) is 76.1 cm³/mol. The summed E-state index contributed by atoms with van der Waals surface area (Å²) in [7, 11) is 1.90. The Bertz CT molecular complexity index is 545. The summed E-state index contributed by atoms with van der Waals surface area (Å²) >= 11 is 7.68. The number of hydrogen-bond donors (Lipinski definition) is 1. The fourth-order valence-electron chi connectivity index (χ4n) is 2.04. The third-order valence-corrected chi connectivity index (χ3v) is 4.61. The van der Waals surface area contributed by atoms with Gasteiger partial charge < -0.3 is 5.32 Å². The first-order chi connectivity index (χ1) is 8.52. The minimum absolute atomic E-state index is 0.0572. The van der Waals surface area contributed by atoms with Gasteiger partial charge in [0, 0.05) is 4.88 Å². The van der Waals surface area contributed by atoms with Crippen molar-refractivity contribution >= 4 is 22.9 Å². The van der Waals surface area contributed by atoms with Gasteiger partial charge in [-0.15, -0.1) is 11.3 Å². The van der Waals surface area contributed by atoms with Crippen molar-refractivity contribution in [2.24, 2.45) is 0 Å². The summed E-state index contributed by atoms with van der Waals surface area (Å²) in [5, 5.41) is 3.26. The highest BCUT2D eigenvalue weighted by Gasteiger charge is 2.17. The van der Waals surface area contributed by atoms with Crippen LogP contribution in [-0.2, 0) is 0 Å². The van der Waals surface area contributed by atoms with Crippen LogP contribution in [0.4, 0.5) is 4.39 Å². The molecule has 0 radical (unpaired) electrons. The molecule has 1 N–H and O–H groups in total. The van der Waals surface area contributed by atoms with Crippen LogP contribution in [0, 0.1) is 19.7 Å². The molecule has 1 atom stereocenters. The smallest absolute Gasteiger partial charge is 0.123 e. The molecule has 18 heavy (non-hydrogen) atoms. The molecule has 0 aliphatic carbocycles. The summed E-state index contributed by atoms with van der Waals surface area (Å²) in [5.74, 6) is -0.202. The van der Waals surface area contributed by atoms with E-state index in [0.29, 0.717) is 0 Å². The minimum Gasteiger partial charge on any atom is -0.309 e. The second kappa shape index (κ2) is 5.39. The van der Waals surface area contributed by atoms with Crippen molar-refractivity contribution in [1.82, 2.24) is 5.32 Å². The second-order valence-electron chi connectivity index (χ2n) is 4.33. The lowest BCUT2D eigenvalue weighted by molar-refractivity contribution is 0.622. The molecule has 0 aliphatic heterocycles. The molecule has 0 saturated heterocycles. The standard InChI is InChI=1S/C14H15ClFNS/c1-8-6-10(16)4-5-11(8)13(17-3)12-7-9(2)14(15)18-12/h4-7,13,17H,1-3H3. The van der Waals surface area contributed by atoms with E-state index in [1.54, 1.807) is 17.4 Å². The van der Waals surface area contributed by atoms with Crippen molar-refractivity contribution in [2.45, 2.75) is 19.9 Å². The van der Waals surface area contributed by atoms with Gasteiger partial charge in [-0.05, 0) is 55.8 Å². The molecule has 0 aliphatic rings. The lowest BCUT2D eigenvalue weighted by Crippen LogP contribution is -2.17. The Labute approximate surface area is 116 Å². The summed E-state index contributed by atoms with van der Waals surface area (Å²) in [6.07, 6.45) is 0. The Hall–Kier alpha value is -0.900. The maximum absolute atomic E-state index is 13.1. The lowest BCUT2D eigenvalue weighted by Gasteiger charge is -2.17. The average molecular weight is 284 g/mol. The van der Waals surface area contributed by atoms with Crippen LogP contribution < -0.4 is 5.32 Å². The zero-order chi connectivity index (χ0) is 13.3. The van der Waals surface area contributed by atoms with Gasteiger partial charge in [0.15, 0.2) is 0 Å². The van der Waals surface area contributed by atoms with Crippen LogP contribution in [0.1, 0.15) is 27.6 Å². The zero-order valence-electron chi connectivity index (χ0n) is 10.6. The number of halogens is 2. The van der Waals surface area contributed by atoms with Crippen molar-refractivity contribution in [3.05, 3.63) is 56.0 Å². The Kier molecular flexibility index (Phi) is 4.05. The van der Waals surface area contributed by atoms with Crippen molar-refractivity contribution in [3.63, 3.8) is 0 Å². The summed E-state index contributed by atoms with van der Waals surface area (Å²) in [6, 6.07) is 7.02. The van der Waals surface area contributed by atoms with E-state index in [1.807, 2.05) is 27.0 Å². The van der Waals surface area contributed by atoms with Crippen LogP contribution in [0.25, 0.3) is 0 Å². The molecule has 2 aromatic rings.